The second-order valence-corrected chi connectivity index (χ2v) is 4.39. The summed E-state index contributed by atoms with van der Waals surface area (Å²) in [6.07, 6.45) is 2.33. The molecular formula is C8H11ClIN3O. The number of rotatable bonds is 4. The van der Waals surface area contributed by atoms with Gasteiger partial charge in [0.1, 0.15) is 5.82 Å². The Kier molecular flexibility index (Phi) is 4.83. The predicted molar refractivity (Wildman–Crippen MR) is 64.5 cm³/mol. The van der Waals surface area contributed by atoms with Gasteiger partial charge >= 0.3 is 0 Å². The van der Waals surface area contributed by atoms with Crippen molar-refractivity contribution in [3.05, 3.63) is 15.1 Å². The molecule has 1 rings (SSSR count). The number of aliphatic hydroxyl groups excluding tert-OH is 1. The standard InChI is InChI=1S/C8H11ClIN3O/c1-5(2-3-14)12-7-6(10)4-11-8(9)13-7/h4-5,14H,2-3H2,1H3,(H,11,12,13). The van der Waals surface area contributed by atoms with Gasteiger partial charge in [0.25, 0.3) is 0 Å². The van der Waals surface area contributed by atoms with Gasteiger partial charge < -0.3 is 10.4 Å². The summed E-state index contributed by atoms with van der Waals surface area (Å²) in [5.41, 5.74) is 0. The topological polar surface area (TPSA) is 58.0 Å². The maximum atomic E-state index is 8.74. The fraction of sp³-hybridized carbons (Fsp3) is 0.500. The molecule has 0 fully saturated rings. The number of aliphatic hydroxyl groups is 1. The molecule has 0 spiro atoms. The largest absolute Gasteiger partial charge is 0.396 e. The SMILES string of the molecule is CC(CCO)Nc1nc(Cl)ncc1I. The van der Waals surface area contributed by atoms with Crippen molar-refractivity contribution in [1.29, 1.82) is 0 Å². The van der Waals surface area contributed by atoms with Gasteiger partial charge in [-0.25, -0.2) is 4.98 Å². The van der Waals surface area contributed by atoms with Crippen molar-refractivity contribution in [1.82, 2.24) is 9.97 Å². The Bertz CT molecular complexity index is 311. The molecule has 0 saturated heterocycles. The predicted octanol–water partition coefficient (Wildman–Crippen LogP) is 1.92. The van der Waals surface area contributed by atoms with Crippen molar-refractivity contribution in [3.63, 3.8) is 0 Å². The lowest BCUT2D eigenvalue weighted by molar-refractivity contribution is 0.282. The molecule has 0 aliphatic rings. The van der Waals surface area contributed by atoms with Gasteiger partial charge in [0.2, 0.25) is 5.28 Å². The molecule has 0 amide bonds. The Morgan fingerprint density at radius 2 is 2.43 bits per heavy atom. The second-order valence-electron chi connectivity index (χ2n) is 2.89. The summed E-state index contributed by atoms with van der Waals surface area (Å²) in [6.45, 7) is 2.13. The molecule has 1 aromatic heterocycles. The fourth-order valence-corrected chi connectivity index (χ4v) is 1.49. The van der Waals surface area contributed by atoms with Crippen LogP contribution in [0.25, 0.3) is 0 Å². The van der Waals surface area contributed by atoms with Gasteiger partial charge in [-0.05, 0) is 47.5 Å². The van der Waals surface area contributed by atoms with Crippen LogP contribution in [-0.4, -0.2) is 27.7 Å². The second kappa shape index (κ2) is 5.67. The smallest absolute Gasteiger partial charge is 0.224 e. The molecule has 1 atom stereocenters. The number of halogens is 2. The van der Waals surface area contributed by atoms with Crippen molar-refractivity contribution >= 4 is 40.0 Å². The molecule has 6 heteroatoms. The molecule has 2 N–H and O–H groups in total. The Balaban J connectivity index is 2.70. The van der Waals surface area contributed by atoms with Crippen LogP contribution in [0.5, 0.6) is 0 Å². The third-order valence-electron chi connectivity index (χ3n) is 1.66. The number of hydrogen-bond donors (Lipinski definition) is 2. The highest BCUT2D eigenvalue weighted by molar-refractivity contribution is 14.1. The van der Waals surface area contributed by atoms with Gasteiger partial charge in [-0.2, -0.15) is 4.98 Å². The molecular weight excluding hydrogens is 316 g/mol. The maximum Gasteiger partial charge on any atom is 0.224 e. The number of nitrogens with zero attached hydrogens (tertiary/aromatic N) is 2. The molecule has 0 saturated carbocycles. The van der Waals surface area contributed by atoms with Crippen molar-refractivity contribution in [2.75, 3.05) is 11.9 Å². The van der Waals surface area contributed by atoms with Crippen LogP contribution in [0.1, 0.15) is 13.3 Å². The molecule has 0 aliphatic carbocycles. The highest BCUT2D eigenvalue weighted by Crippen LogP contribution is 2.17. The van der Waals surface area contributed by atoms with E-state index >= 15 is 0 Å². The molecule has 0 radical (unpaired) electrons. The van der Waals surface area contributed by atoms with Crippen LogP contribution in [0.15, 0.2) is 6.20 Å². The van der Waals surface area contributed by atoms with E-state index in [4.69, 9.17) is 16.7 Å². The molecule has 0 bridgehead atoms. The molecule has 1 aromatic rings. The van der Waals surface area contributed by atoms with E-state index in [1.807, 2.05) is 6.92 Å². The minimum absolute atomic E-state index is 0.156. The van der Waals surface area contributed by atoms with Crippen molar-refractivity contribution in [2.45, 2.75) is 19.4 Å². The van der Waals surface area contributed by atoms with E-state index in [0.29, 0.717) is 12.2 Å². The van der Waals surface area contributed by atoms with Crippen LogP contribution in [0.2, 0.25) is 5.28 Å². The number of hydrogen-bond acceptors (Lipinski definition) is 4. The molecule has 4 nitrogen and oxygen atoms in total. The van der Waals surface area contributed by atoms with Crippen LogP contribution in [0.4, 0.5) is 5.82 Å². The lowest BCUT2D eigenvalue weighted by Crippen LogP contribution is -2.18. The lowest BCUT2D eigenvalue weighted by Gasteiger charge is -2.13. The van der Waals surface area contributed by atoms with Crippen molar-refractivity contribution in [3.8, 4) is 0 Å². The van der Waals surface area contributed by atoms with Gasteiger partial charge in [-0.3, -0.25) is 0 Å². The quantitative estimate of drug-likeness (QED) is 0.655. The van der Waals surface area contributed by atoms with E-state index in [9.17, 15) is 0 Å². The molecule has 1 unspecified atom stereocenters. The molecule has 0 aromatic carbocycles. The van der Waals surface area contributed by atoms with E-state index in [1.165, 1.54) is 0 Å². The summed E-state index contributed by atoms with van der Waals surface area (Å²) in [6, 6.07) is 0.166. The van der Waals surface area contributed by atoms with E-state index in [0.717, 1.165) is 3.57 Å². The summed E-state index contributed by atoms with van der Waals surface area (Å²) < 4.78 is 0.914. The van der Waals surface area contributed by atoms with Crippen LogP contribution < -0.4 is 5.32 Å². The number of aromatic nitrogens is 2. The Hall–Kier alpha value is -0.140. The summed E-state index contributed by atoms with van der Waals surface area (Å²) in [7, 11) is 0. The summed E-state index contributed by atoms with van der Waals surface area (Å²) in [5, 5.41) is 12.1. The van der Waals surface area contributed by atoms with Gasteiger partial charge in [-0.15, -0.1) is 0 Å². The zero-order valence-electron chi connectivity index (χ0n) is 7.67. The fourth-order valence-electron chi connectivity index (χ4n) is 0.946. The Morgan fingerprint density at radius 3 is 3.07 bits per heavy atom. The van der Waals surface area contributed by atoms with E-state index in [-0.39, 0.29) is 17.9 Å². The zero-order chi connectivity index (χ0) is 10.6. The lowest BCUT2D eigenvalue weighted by atomic mass is 10.2. The molecule has 78 valence electrons. The van der Waals surface area contributed by atoms with Crippen LogP contribution in [-0.2, 0) is 0 Å². The minimum Gasteiger partial charge on any atom is -0.396 e. The summed E-state index contributed by atoms with van der Waals surface area (Å²) in [4.78, 5) is 7.90. The maximum absolute atomic E-state index is 8.74. The Labute approximate surface area is 101 Å². The summed E-state index contributed by atoms with van der Waals surface area (Å²) >= 11 is 7.79. The van der Waals surface area contributed by atoms with Gasteiger partial charge in [0.05, 0.1) is 3.57 Å². The van der Waals surface area contributed by atoms with Crippen LogP contribution in [0.3, 0.4) is 0 Å². The van der Waals surface area contributed by atoms with Crippen molar-refractivity contribution < 1.29 is 5.11 Å². The van der Waals surface area contributed by atoms with Crippen LogP contribution in [0, 0.1) is 3.57 Å². The van der Waals surface area contributed by atoms with E-state index < -0.39 is 0 Å². The third kappa shape index (κ3) is 3.55. The van der Waals surface area contributed by atoms with E-state index in [1.54, 1.807) is 6.20 Å². The number of anilines is 1. The minimum atomic E-state index is 0.156. The first-order valence-electron chi connectivity index (χ1n) is 4.19. The molecule has 14 heavy (non-hydrogen) atoms. The van der Waals surface area contributed by atoms with Crippen molar-refractivity contribution in [2.24, 2.45) is 0 Å². The first kappa shape index (κ1) is 11.9. The normalized spacial score (nSPS) is 12.6. The first-order chi connectivity index (χ1) is 6.63. The van der Waals surface area contributed by atoms with Gasteiger partial charge in [0, 0.05) is 18.8 Å². The van der Waals surface area contributed by atoms with Gasteiger partial charge in [-0.1, -0.05) is 0 Å². The summed E-state index contributed by atoms with van der Waals surface area (Å²) in [5.74, 6) is 0.714. The van der Waals surface area contributed by atoms with Crippen LogP contribution >= 0.6 is 34.2 Å². The van der Waals surface area contributed by atoms with E-state index in [2.05, 4.69) is 37.9 Å². The molecule has 1 heterocycles. The Morgan fingerprint density at radius 1 is 1.71 bits per heavy atom. The monoisotopic (exact) mass is 327 g/mol. The average Bonchev–Trinajstić information content (AvgIpc) is 2.12. The number of nitrogens with one attached hydrogen (secondary N) is 1. The average molecular weight is 328 g/mol. The highest BCUT2D eigenvalue weighted by Gasteiger charge is 2.06. The third-order valence-corrected chi connectivity index (χ3v) is 2.63. The zero-order valence-corrected chi connectivity index (χ0v) is 10.6. The molecule has 0 aliphatic heterocycles. The first-order valence-corrected chi connectivity index (χ1v) is 5.64. The van der Waals surface area contributed by atoms with Gasteiger partial charge in [0.15, 0.2) is 0 Å². The highest BCUT2D eigenvalue weighted by atomic mass is 127.